The highest BCUT2D eigenvalue weighted by Gasteiger charge is 2.08. The summed E-state index contributed by atoms with van der Waals surface area (Å²) in [7, 11) is 0. The van der Waals surface area contributed by atoms with E-state index in [1.165, 1.54) is 0 Å². The zero-order chi connectivity index (χ0) is 14.4. The fourth-order valence-electron chi connectivity index (χ4n) is 1.69. The van der Waals surface area contributed by atoms with Crippen LogP contribution in [0.25, 0.3) is 0 Å². The van der Waals surface area contributed by atoms with Crippen LogP contribution in [-0.4, -0.2) is 6.61 Å². The number of hydrogen-bond donors (Lipinski definition) is 0. The van der Waals surface area contributed by atoms with Gasteiger partial charge in [0.1, 0.15) is 5.75 Å². The van der Waals surface area contributed by atoms with Gasteiger partial charge in [0.2, 0.25) is 0 Å². The van der Waals surface area contributed by atoms with Gasteiger partial charge in [0, 0.05) is 5.33 Å². The van der Waals surface area contributed by atoms with Gasteiger partial charge in [-0.3, -0.25) is 0 Å². The van der Waals surface area contributed by atoms with E-state index in [-0.39, 0.29) is 0 Å². The molecule has 0 saturated heterocycles. The number of benzene rings is 2. The zero-order valence-electron chi connectivity index (χ0n) is 11.2. The molecule has 0 aliphatic heterocycles. The topological polar surface area (TPSA) is 18.5 Å². The molecule has 0 saturated carbocycles. The van der Waals surface area contributed by atoms with E-state index in [1.807, 2.05) is 42.5 Å². The second-order valence-corrected chi connectivity index (χ2v) is 5.26. The van der Waals surface area contributed by atoms with Crippen LogP contribution in [-0.2, 0) is 5.33 Å². The molecule has 0 N–H and O–H groups in total. The van der Waals surface area contributed by atoms with Crippen molar-refractivity contribution >= 4 is 27.5 Å². The second-order valence-electron chi connectivity index (χ2n) is 4.30. The van der Waals surface area contributed by atoms with E-state index < -0.39 is 0 Å². The SMILES string of the molecule is CCCOc1ccccc1Oc1ccc(CBr)cc1Cl. The van der Waals surface area contributed by atoms with Gasteiger partial charge in [-0.2, -0.15) is 0 Å². The van der Waals surface area contributed by atoms with E-state index in [9.17, 15) is 0 Å². The monoisotopic (exact) mass is 354 g/mol. The Morgan fingerprint density at radius 2 is 1.80 bits per heavy atom. The highest BCUT2D eigenvalue weighted by atomic mass is 79.9. The Hall–Kier alpha value is -1.19. The lowest BCUT2D eigenvalue weighted by Crippen LogP contribution is -1.97. The maximum atomic E-state index is 6.23. The third-order valence-electron chi connectivity index (χ3n) is 2.68. The summed E-state index contributed by atoms with van der Waals surface area (Å²) in [6, 6.07) is 13.3. The molecule has 2 rings (SSSR count). The van der Waals surface area contributed by atoms with Crippen LogP contribution in [0, 0.1) is 0 Å². The molecule has 0 radical (unpaired) electrons. The summed E-state index contributed by atoms with van der Waals surface area (Å²) in [4.78, 5) is 0. The van der Waals surface area contributed by atoms with Gasteiger partial charge in [-0.15, -0.1) is 0 Å². The van der Waals surface area contributed by atoms with Crippen molar-refractivity contribution in [2.75, 3.05) is 6.61 Å². The molecule has 0 atom stereocenters. The molecule has 0 heterocycles. The van der Waals surface area contributed by atoms with Gasteiger partial charge < -0.3 is 9.47 Å². The van der Waals surface area contributed by atoms with E-state index in [2.05, 4.69) is 22.9 Å². The molecule has 0 aromatic heterocycles. The fourth-order valence-corrected chi connectivity index (χ4v) is 2.28. The summed E-state index contributed by atoms with van der Waals surface area (Å²) in [5, 5.41) is 1.36. The Labute approximate surface area is 132 Å². The smallest absolute Gasteiger partial charge is 0.169 e. The molecule has 106 valence electrons. The number of hydrogen-bond acceptors (Lipinski definition) is 2. The van der Waals surface area contributed by atoms with Crippen molar-refractivity contribution < 1.29 is 9.47 Å². The Morgan fingerprint density at radius 3 is 2.45 bits per heavy atom. The van der Waals surface area contributed by atoms with E-state index in [1.54, 1.807) is 0 Å². The maximum absolute atomic E-state index is 6.23. The number of halogens is 2. The van der Waals surface area contributed by atoms with Gasteiger partial charge in [-0.25, -0.2) is 0 Å². The van der Waals surface area contributed by atoms with Crippen molar-refractivity contribution in [3.8, 4) is 17.2 Å². The van der Waals surface area contributed by atoms with Crippen LogP contribution in [0.1, 0.15) is 18.9 Å². The maximum Gasteiger partial charge on any atom is 0.169 e. The Bertz CT molecular complexity index is 572. The third kappa shape index (κ3) is 3.90. The predicted octanol–water partition coefficient (Wildman–Crippen LogP) is 5.82. The first-order valence-electron chi connectivity index (χ1n) is 6.48. The summed E-state index contributed by atoms with van der Waals surface area (Å²) < 4.78 is 11.5. The van der Waals surface area contributed by atoms with E-state index in [4.69, 9.17) is 21.1 Å². The highest BCUT2D eigenvalue weighted by molar-refractivity contribution is 9.08. The molecule has 0 aliphatic carbocycles. The number of para-hydroxylation sites is 2. The molecule has 0 fully saturated rings. The second kappa shape index (κ2) is 7.55. The minimum absolute atomic E-state index is 0.590. The highest BCUT2D eigenvalue weighted by Crippen LogP contribution is 2.35. The van der Waals surface area contributed by atoms with Crippen molar-refractivity contribution in [2.45, 2.75) is 18.7 Å². The third-order valence-corrected chi connectivity index (χ3v) is 3.62. The van der Waals surface area contributed by atoms with E-state index in [0.29, 0.717) is 23.1 Å². The normalized spacial score (nSPS) is 10.3. The van der Waals surface area contributed by atoms with Crippen molar-refractivity contribution in [3.05, 3.63) is 53.1 Å². The Balaban J connectivity index is 2.21. The quantitative estimate of drug-likeness (QED) is 0.608. The molecule has 2 nitrogen and oxygen atoms in total. The minimum Gasteiger partial charge on any atom is -0.490 e. The van der Waals surface area contributed by atoms with Crippen LogP contribution in [0.4, 0.5) is 0 Å². The molecular formula is C16H16BrClO2. The van der Waals surface area contributed by atoms with Crippen molar-refractivity contribution in [3.63, 3.8) is 0 Å². The van der Waals surface area contributed by atoms with Gasteiger partial charge in [0.25, 0.3) is 0 Å². The summed E-state index contributed by atoms with van der Waals surface area (Å²) in [6.45, 7) is 2.73. The molecule has 0 amide bonds. The average Bonchev–Trinajstić information content (AvgIpc) is 2.48. The first-order chi connectivity index (χ1) is 9.74. The van der Waals surface area contributed by atoms with Crippen LogP contribution in [0.3, 0.4) is 0 Å². The molecule has 0 bridgehead atoms. The molecule has 0 spiro atoms. The molecule has 20 heavy (non-hydrogen) atoms. The van der Waals surface area contributed by atoms with E-state index in [0.717, 1.165) is 23.1 Å². The largest absolute Gasteiger partial charge is 0.490 e. The van der Waals surface area contributed by atoms with Gasteiger partial charge in [-0.1, -0.05) is 52.7 Å². The van der Waals surface area contributed by atoms with Crippen molar-refractivity contribution in [1.82, 2.24) is 0 Å². The minimum atomic E-state index is 0.590. The lowest BCUT2D eigenvalue weighted by atomic mass is 10.2. The lowest BCUT2D eigenvalue weighted by Gasteiger charge is -2.13. The van der Waals surface area contributed by atoms with Gasteiger partial charge in [-0.05, 0) is 36.2 Å². The molecular weight excluding hydrogens is 340 g/mol. The Morgan fingerprint density at radius 1 is 1.05 bits per heavy atom. The first-order valence-corrected chi connectivity index (χ1v) is 7.98. The summed E-state index contributed by atoms with van der Waals surface area (Å²) in [6.07, 6.45) is 0.953. The van der Waals surface area contributed by atoms with Crippen LogP contribution < -0.4 is 9.47 Å². The van der Waals surface area contributed by atoms with Gasteiger partial charge in [0.05, 0.1) is 11.6 Å². The summed E-state index contributed by atoms with van der Waals surface area (Å²) >= 11 is 9.63. The van der Waals surface area contributed by atoms with Crippen LogP contribution in [0.5, 0.6) is 17.2 Å². The van der Waals surface area contributed by atoms with Crippen LogP contribution >= 0.6 is 27.5 Å². The average molecular weight is 356 g/mol. The predicted molar refractivity (Wildman–Crippen MR) is 86.4 cm³/mol. The fraction of sp³-hybridized carbons (Fsp3) is 0.250. The molecule has 0 unspecified atom stereocenters. The number of rotatable bonds is 6. The van der Waals surface area contributed by atoms with Gasteiger partial charge >= 0.3 is 0 Å². The molecule has 0 aliphatic rings. The van der Waals surface area contributed by atoms with Crippen molar-refractivity contribution in [1.29, 1.82) is 0 Å². The lowest BCUT2D eigenvalue weighted by molar-refractivity contribution is 0.302. The van der Waals surface area contributed by atoms with E-state index >= 15 is 0 Å². The summed E-state index contributed by atoms with van der Waals surface area (Å²) in [5.74, 6) is 2.04. The number of ether oxygens (including phenoxy) is 2. The van der Waals surface area contributed by atoms with Crippen molar-refractivity contribution in [2.24, 2.45) is 0 Å². The first kappa shape index (κ1) is 15.2. The molecule has 2 aromatic rings. The van der Waals surface area contributed by atoms with Crippen LogP contribution in [0.2, 0.25) is 5.02 Å². The summed E-state index contributed by atoms with van der Waals surface area (Å²) in [5.41, 5.74) is 1.11. The zero-order valence-corrected chi connectivity index (χ0v) is 13.6. The molecule has 2 aromatic carbocycles. The van der Waals surface area contributed by atoms with Gasteiger partial charge in [0.15, 0.2) is 11.5 Å². The number of alkyl halides is 1. The van der Waals surface area contributed by atoms with Crippen LogP contribution in [0.15, 0.2) is 42.5 Å². The standard InChI is InChI=1S/C16H16BrClO2/c1-2-9-19-15-5-3-4-6-16(15)20-14-8-7-12(11-17)10-13(14)18/h3-8,10H,2,9,11H2,1H3. The molecule has 4 heteroatoms. The Kier molecular flexibility index (Phi) is 5.74.